The fourth-order valence-corrected chi connectivity index (χ4v) is 2.05. The summed E-state index contributed by atoms with van der Waals surface area (Å²) >= 11 is 6.00. The number of aromatic nitrogens is 2. The monoisotopic (exact) mass is 183 g/mol. The highest BCUT2D eigenvalue weighted by Crippen LogP contribution is 2.38. The maximum absolute atomic E-state index is 6.00. The Morgan fingerprint density at radius 2 is 2.42 bits per heavy atom. The highest BCUT2D eigenvalue weighted by molar-refractivity contribution is 6.21. The predicted molar refractivity (Wildman–Crippen MR) is 47.0 cm³/mol. The maximum atomic E-state index is 6.00. The van der Waals surface area contributed by atoms with E-state index >= 15 is 0 Å². The summed E-state index contributed by atoms with van der Waals surface area (Å²) in [6.07, 6.45) is 4.14. The molecule has 64 valence electrons. The lowest BCUT2D eigenvalue weighted by Gasteiger charge is -2.38. The zero-order chi connectivity index (χ0) is 8.55. The molecule has 1 aliphatic carbocycles. The first-order valence-electron chi connectivity index (χ1n) is 3.94. The quantitative estimate of drug-likeness (QED) is 0.659. The van der Waals surface area contributed by atoms with Crippen LogP contribution in [0.25, 0.3) is 0 Å². The summed E-state index contributed by atoms with van der Waals surface area (Å²) in [4.78, 5) is 7.97. The predicted octanol–water partition coefficient (Wildman–Crippen LogP) is 0.899. The van der Waals surface area contributed by atoms with E-state index in [1.165, 1.54) is 6.33 Å². The van der Waals surface area contributed by atoms with Crippen LogP contribution in [0.4, 0.5) is 0 Å². The Morgan fingerprint density at radius 1 is 1.58 bits per heavy atom. The molecule has 0 aromatic carbocycles. The molecule has 0 spiro atoms. The highest BCUT2D eigenvalue weighted by atomic mass is 35.5. The zero-order valence-electron chi connectivity index (χ0n) is 6.52. The summed E-state index contributed by atoms with van der Waals surface area (Å²) < 4.78 is 0. The Morgan fingerprint density at radius 3 is 2.92 bits per heavy atom. The van der Waals surface area contributed by atoms with Crippen molar-refractivity contribution in [3.63, 3.8) is 0 Å². The molecule has 1 fully saturated rings. The van der Waals surface area contributed by atoms with Crippen LogP contribution in [0.3, 0.4) is 0 Å². The van der Waals surface area contributed by atoms with Crippen molar-refractivity contribution >= 4 is 11.6 Å². The van der Waals surface area contributed by atoms with Crippen LogP contribution >= 0.6 is 11.6 Å². The molecule has 12 heavy (non-hydrogen) atoms. The van der Waals surface area contributed by atoms with Crippen LogP contribution in [-0.2, 0) is 0 Å². The third kappa shape index (κ3) is 1.19. The van der Waals surface area contributed by atoms with E-state index in [9.17, 15) is 0 Å². The number of hydrogen-bond donors (Lipinski definition) is 1. The van der Waals surface area contributed by atoms with Crippen molar-refractivity contribution in [2.45, 2.75) is 23.8 Å². The second kappa shape index (κ2) is 2.99. The van der Waals surface area contributed by atoms with Gasteiger partial charge in [0, 0.05) is 29.2 Å². The normalized spacial score (nSPS) is 34.3. The molecule has 0 radical (unpaired) electrons. The van der Waals surface area contributed by atoms with Crippen molar-refractivity contribution in [1.29, 1.82) is 0 Å². The molecule has 1 aromatic heterocycles. The van der Waals surface area contributed by atoms with E-state index < -0.39 is 0 Å². The summed E-state index contributed by atoms with van der Waals surface area (Å²) in [6, 6.07) is 2.04. The van der Waals surface area contributed by atoms with Crippen molar-refractivity contribution in [3.05, 3.63) is 24.3 Å². The van der Waals surface area contributed by atoms with Gasteiger partial charge < -0.3 is 5.73 Å². The first kappa shape index (κ1) is 7.95. The fraction of sp³-hybridized carbons (Fsp3) is 0.500. The van der Waals surface area contributed by atoms with E-state index in [2.05, 4.69) is 9.97 Å². The summed E-state index contributed by atoms with van der Waals surface area (Å²) in [5.74, 6) is 0.217. The second-order valence-electron chi connectivity index (χ2n) is 3.08. The molecule has 4 heteroatoms. The van der Waals surface area contributed by atoms with Gasteiger partial charge >= 0.3 is 0 Å². The third-order valence-corrected chi connectivity index (χ3v) is 2.74. The van der Waals surface area contributed by atoms with Gasteiger partial charge in [0.1, 0.15) is 6.33 Å². The lowest BCUT2D eigenvalue weighted by molar-refractivity contribution is 0.348. The number of nitrogens with zero attached hydrogens (tertiary/aromatic N) is 2. The van der Waals surface area contributed by atoms with Crippen LogP contribution < -0.4 is 5.73 Å². The summed E-state index contributed by atoms with van der Waals surface area (Å²) in [7, 11) is 0. The summed E-state index contributed by atoms with van der Waals surface area (Å²) in [5.41, 5.74) is 6.76. The minimum absolute atomic E-state index is 0.148. The average molecular weight is 184 g/mol. The average Bonchev–Trinajstić information content (AvgIpc) is 2.05. The molecule has 2 rings (SSSR count). The fourth-order valence-electron chi connectivity index (χ4n) is 1.53. The lowest BCUT2D eigenvalue weighted by atomic mass is 9.77. The van der Waals surface area contributed by atoms with Gasteiger partial charge in [-0.3, -0.25) is 0 Å². The number of hydrogen-bond acceptors (Lipinski definition) is 3. The molecule has 0 bridgehead atoms. The van der Waals surface area contributed by atoms with E-state index in [-0.39, 0.29) is 17.3 Å². The Bertz CT molecular complexity index is 256. The van der Waals surface area contributed by atoms with E-state index in [1.807, 2.05) is 6.07 Å². The van der Waals surface area contributed by atoms with Gasteiger partial charge in [0.05, 0.1) is 0 Å². The van der Waals surface area contributed by atoms with Crippen LogP contribution in [0.5, 0.6) is 0 Å². The van der Waals surface area contributed by atoms with Crippen LogP contribution in [0.15, 0.2) is 18.6 Å². The maximum Gasteiger partial charge on any atom is 0.115 e. The lowest BCUT2D eigenvalue weighted by Crippen LogP contribution is -2.46. The molecule has 1 aromatic rings. The molecule has 0 saturated heterocycles. The Kier molecular flexibility index (Phi) is 1.98. The zero-order valence-corrected chi connectivity index (χ0v) is 7.28. The van der Waals surface area contributed by atoms with E-state index in [4.69, 9.17) is 17.3 Å². The molecule has 1 aliphatic rings. The standard InChI is InChI=1S/C8H10ClN3/c9-5-3-6(10)8(5)7-1-2-11-4-12-7/h1-2,4-6,8H,3,10H2. The van der Waals surface area contributed by atoms with Gasteiger partial charge in [0.15, 0.2) is 0 Å². The van der Waals surface area contributed by atoms with Crippen molar-refractivity contribution in [1.82, 2.24) is 9.97 Å². The molecule has 3 nitrogen and oxygen atoms in total. The van der Waals surface area contributed by atoms with Gasteiger partial charge in [-0.15, -0.1) is 11.6 Å². The minimum atomic E-state index is 0.148. The molecule has 1 saturated carbocycles. The SMILES string of the molecule is NC1CC(Cl)C1c1ccncn1. The Labute approximate surface area is 76.0 Å². The third-order valence-electron chi connectivity index (χ3n) is 2.29. The smallest absolute Gasteiger partial charge is 0.115 e. The molecule has 0 amide bonds. The highest BCUT2D eigenvalue weighted by Gasteiger charge is 2.39. The van der Waals surface area contributed by atoms with E-state index in [0.29, 0.717) is 0 Å². The molecular formula is C8H10ClN3. The second-order valence-corrected chi connectivity index (χ2v) is 3.64. The van der Waals surface area contributed by atoms with Crippen LogP contribution in [0, 0.1) is 0 Å². The van der Waals surface area contributed by atoms with Crippen molar-refractivity contribution in [2.75, 3.05) is 0 Å². The van der Waals surface area contributed by atoms with E-state index in [0.717, 1.165) is 12.1 Å². The topological polar surface area (TPSA) is 51.8 Å². The Balaban J connectivity index is 2.20. The van der Waals surface area contributed by atoms with Crippen LogP contribution in [0.1, 0.15) is 18.0 Å². The van der Waals surface area contributed by atoms with Gasteiger partial charge in [0.25, 0.3) is 0 Å². The molecular weight excluding hydrogens is 174 g/mol. The van der Waals surface area contributed by atoms with Gasteiger partial charge in [-0.2, -0.15) is 0 Å². The number of nitrogens with two attached hydrogens (primary N) is 1. The van der Waals surface area contributed by atoms with Gasteiger partial charge in [-0.1, -0.05) is 0 Å². The molecule has 1 heterocycles. The minimum Gasteiger partial charge on any atom is -0.327 e. The molecule has 0 aliphatic heterocycles. The summed E-state index contributed by atoms with van der Waals surface area (Å²) in [5, 5.41) is 0.148. The summed E-state index contributed by atoms with van der Waals surface area (Å²) in [6.45, 7) is 0. The largest absolute Gasteiger partial charge is 0.327 e. The van der Waals surface area contributed by atoms with Gasteiger partial charge in [-0.05, 0) is 12.5 Å². The number of halogens is 1. The van der Waals surface area contributed by atoms with Crippen molar-refractivity contribution in [3.8, 4) is 0 Å². The van der Waals surface area contributed by atoms with Gasteiger partial charge in [0.2, 0.25) is 0 Å². The number of rotatable bonds is 1. The Hall–Kier alpha value is -0.670. The first-order chi connectivity index (χ1) is 5.79. The van der Waals surface area contributed by atoms with E-state index in [1.54, 1.807) is 6.20 Å². The van der Waals surface area contributed by atoms with Crippen molar-refractivity contribution in [2.24, 2.45) is 5.73 Å². The van der Waals surface area contributed by atoms with Crippen LogP contribution in [-0.4, -0.2) is 21.4 Å². The van der Waals surface area contributed by atoms with Gasteiger partial charge in [-0.25, -0.2) is 9.97 Å². The molecule has 3 atom stereocenters. The molecule has 2 N–H and O–H groups in total. The van der Waals surface area contributed by atoms with Crippen molar-refractivity contribution < 1.29 is 0 Å². The first-order valence-corrected chi connectivity index (χ1v) is 4.38. The number of alkyl halides is 1. The molecule has 3 unspecified atom stereocenters. The van der Waals surface area contributed by atoms with Crippen LogP contribution in [0.2, 0.25) is 0 Å².